The third-order valence-electron chi connectivity index (χ3n) is 1.50. The Morgan fingerprint density at radius 1 is 1.70 bits per heavy atom. The molecule has 0 saturated carbocycles. The van der Waals surface area contributed by atoms with Crippen molar-refractivity contribution in [1.82, 2.24) is 4.90 Å². The predicted molar refractivity (Wildman–Crippen MR) is 36.1 cm³/mol. The molecule has 0 fully saturated rings. The molecule has 2 amide bonds. The molecule has 0 aromatic rings. The zero-order chi connectivity index (χ0) is 7.72. The molecule has 1 aliphatic heterocycles. The van der Waals surface area contributed by atoms with Crippen molar-refractivity contribution in [2.75, 3.05) is 0 Å². The number of carbonyl (C=O) groups is 2. The summed E-state index contributed by atoms with van der Waals surface area (Å²) in [6, 6.07) is -0.0648. The van der Waals surface area contributed by atoms with E-state index in [1.54, 1.807) is 6.08 Å². The van der Waals surface area contributed by atoms with Crippen LogP contribution in [0, 0.1) is 0 Å². The summed E-state index contributed by atoms with van der Waals surface area (Å²) in [6.45, 7) is 3.20. The summed E-state index contributed by atoms with van der Waals surface area (Å²) in [5.74, 6) is -0.400. The summed E-state index contributed by atoms with van der Waals surface area (Å²) >= 11 is 0. The summed E-state index contributed by atoms with van der Waals surface area (Å²) in [6.07, 6.45) is 3.13. The first kappa shape index (κ1) is 6.99. The zero-order valence-electron chi connectivity index (χ0n) is 6.00. The van der Waals surface area contributed by atoms with Gasteiger partial charge < -0.3 is 0 Å². The smallest absolute Gasteiger partial charge is 0.253 e. The Morgan fingerprint density at radius 3 is 2.50 bits per heavy atom. The fraction of sp³-hybridized carbons (Fsp3) is 0.429. The second-order valence-corrected chi connectivity index (χ2v) is 2.33. The first-order chi connectivity index (χ1) is 4.63. The summed E-state index contributed by atoms with van der Waals surface area (Å²) in [4.78, 5) is 22.8. The number of hydrogen-bond donors (Lipinski definition) is 0. The molecule has 3 nitrogen and oxygen atoms in total. The van der Waals surface area contributed by atoms with Gasteiger partial charge in [0.05, 0.1) is 6.04 Å². The molecule has 10 heavy (non-hydrogen) atoms. The summed E-state index contributed by atoms with van der Waals surface area (Å²) in [5, 5.41) is 0. The Bertz CT molecular complexity index is 208. The standard InChI is InChI=1S/C7H9NO2/c1-5-3-4-7(10)8(5)6(2)9/h3-5H,1-2H3. The van der Waals surface area contributed by atoms with E-state index in [2.05, 4.69) is 0 Å². The van der Waals surface area contributed by atoms with Gasteiger partial charge in [-0.25, -0.2) is 0 Å². The third-order valence-corrected chi connectivity index (χ3v) is 1.50. The lowest BCUT2D eigenvalue weighted by Gasteiger charge is -2.16. The molecular formula is C7H9NO2. The molecule has 1 unspecified atom stereocenters. The maximum absolute atomic E-state index is 10.8. The van der Waals surface area contributed by atoms with Crippen LogP contribution in [0.15, 0.2) is 12.2 Å². The minimum Gasteiger partial charge on any atom is -0.275 e. The van der Waals surface area contributed by atoms with Crippen LogP contribution in [0.1, 0.15) is 13.8 Å². The molecule has 0 aromatic carbocycles. The van der Waals surface area contributed by atoms with Crippen molar-refractivity contribution in [2.24, 2.45) is 0 Å². The van der Waals surface area contributed by atoms with E-state index in [9.17, 15) is 9.59 Å². The van der Waals surface area contributed by atoms with Crippen LogP contribution in [0.4, 0.5) is 0 Å². The van der Waals surface area contributed by atoms with Crippen LogP contribution in [-0.2, 0) is 9.59 Å². The molecule has 0 aliphatic carbocycles. The van der Waals surface area contributed by atoms with E-state index in [1.165, 1.54) is 17.9 Å². The highest BCUT2D eigenvalue weighted by Crippen LogP contribution is 2.09. The van der Waals surface area contributed by atoms with Gasteiger partial charge in [-0.05, 0) is 6.92 Å². The number of carbonyl (C=O) groups excluding carboxylic acids is 2. The van der Waals surface area contributed by atoms with E-state index in [0.717, 1.165) is 0 Å². The van der Waals surface area contributed by atoms with Gasteiger partial charge in [-0.1, -0.05) is 6.08 Å². The molecule has 0 bridgehead atoms. The summed E-state index contributed by atoms with van der Waals surface area (Å²) in [7, 11) is 0. The maximum Gasteiger partial charge on any atom is 0.253 e. The van der Waals surface area contributed by atoms with Crippen LogP contribution < -0.4 is 0 Å². The lowest BCUT2D eigenvalue weighted by atomic mass is 10.3. The van der Waals surface area contributed by atoms with E-state index in [1.807, 2.05) is 6.92 Å². The van der Waals surface area contributed by atoms with Gasteiger partial charge in [0.2, 0.25) is 5.91 Å². The quantitative estimate of drug-likeness (QED) is 0.484. The van der Waals surface area contributed by atoms with Crippen molar-refractivity contribution >= 4 is 11.8 Å². The van der Waals surface area contributed by atoms with Crippen molar-refractivity contribution in [3.8, 4) is 0 Å². The summed E-state index contributed by atoms with van der Waals surface area (Å²) in [5.41, 5.74) is 0. The minimum absolute atomic E-state index is 0.0648. The van der Waals surface area contributed by atoms with E-state index >= 15 is 0 Å². The van der Waals surface area contributed by atoms with Gasteiger partial charge in [-0.15, -0.1) is 0 Å². The normalized spacial score (nSPS) is 24.0. The van der Waals surface area contributed by atoms with Crippen LogP contribution in [0.5, 0.6) is 0 Å². The molecule has 0 radical (unpaired) electrons. The molecule has 3 heteroatoms. The highest BCUT2D eigenvalue weighted by molar-refractivity contribution is 6.02. The number of amides is 2. The molecule has 1 aliphatic rings. The molecule has 0 aromatic heterocycles. The zero-order valence-corrected chi connectivity index (χ0v) is 6.00. The molecule has 1 atom stereocenters. The molecule has 0 spiro atoms. The van der Waals surface area contributed by atoms with Crippen molar-refractivity contribution in [3.63, 3.8) is 0 Å². The fourth-order valence-electron chi connectivity index (χ4n) is 1.03. The number of hydrogen-bond acceptors (Lipinski definition) is 2. The molecular weight excluding hydrogens is 130 g/mol. The highest BCUT2D eigenvalue weighted by atomic mass is 16.2. The van der Waals surface area contributed by atoms with Gasteiger partial charge in [0.1, 0.15) is 0 Å². The van der Waals surface area contributed by atoms with E-state index in [-0.39, 0.29) is 17.9 Å². The van der Waals surface area contributed by atoms with Crippen LogP contribution in [-0.4, -0.2) is 22.8 Å². The largest absolute Gasteiger partial charge is 0.275 e. The SMILES string of the molecule is CC(=O)N1C(=O)C=CC1C. The average molecular weight is 139 g/mol. The van der Waals surface area contributed by atoms with E-state index in [0.29, 0.717) is 0 Å². The van der Waals surface area contributed by atoms with Crippen molar-refractivity contribution < 1.29 is 9.59 Å². The Morgan fingerprint density at radius 2 is 2.30 bits per heavy atom. The first-order valence-electron chi connectivity index (χ1n) is 3.15. The molecule has 0 N–H and O–H groups in total. The molecule has 1 rings (SSSR count). The monoisotopic (exact) mass is 139 g/mol. The Labute approximate surface area is 59.3 Å². The van der Waals surface area contributed by atoms with Crippen LogP contribution in [0.2, 0.25) is 0 Å². The second kappa shape index (κ2) is 2.25. The van der Waals surface area contributed by atoms with Gasteiger partial charge >= 0.3 is 0 Å². The Kier molecular flexibility index (Phi) is 1.57. The number of rotatable bonds is 0. The molecule has 1 heterocycles. The second-order valence-electron chi connectivity index (χ2n) is 2.33. The lowest BCUT2D eigenvalue weighted by molar-refractivity contribution is -0.140. The third kappa shape index (κ3) is 0.943. The van der Waals surface area contributed by atoms with Crippen LogP contribution >= 0.6 is 0 Å². The number of imide groups is 1. The van der Waals surface area contributed by atoms with Gasteiger partial charge in [-0.2, -0.15) is 0 Å². The minimum atomic E-state index is -0.208. The first-order valence-corrected chi connectivity index (χ1v) is 3.15. The Hall–Kier alpha value is -1.12. The predicted octanol–water partition coefficient (Wildman–Crippen LogP) is 0.320. The van der Waals surface area contributed by atoms with Crippen LogP contribution in [0.3, 0.4) is 0 Å². The molecule has 0 saturated heterocycles. The lowest BCUT2D eigenvalue weighted by Crippen LogP contribution is -2.35. The topological polar surface area (TPSA) is 37.4 Å². The fourth-order valence-corrected chi connectivity index (χ4v) is 1.03. The van der Waals surface area contributed by atoms with Crippen molar-refractivity contribution in [2.45, 2.75) is 19.9 Å². The van der Waals surface area contributed by atoms with Gasteiger partial charge in [0, 0.05) is 13.0 Å². The van der Waals surface area contributed by atoms with E-state index < -0.39 is 0 Å². The number of nitrogens with zero attached hydrogens (tertiary/aromatic N) is 1. The van der Waals surface area contributed by atoms with Crippen molar-refractivity contribution in [3.05, 3.63) is 12.2 Å². The maximum atomic E-state index is 10.8. The van der Waals surface area contributed by atoms with Gasteiger partial charge in [-0.3, -0.25) is 14.5 Å². The van der Waals surface area contributed by atoms with Gasteiger partial charge in [0.25, 0.3) is 5.91 Å². The van der Waals surface area contributed by atoms with Crippen LogP contribution in [0.25, 0.3) is 0 Å². The van der Waals surface area contributed by atoms with Gasteiger partial charge in [0.15, 0.2) is 0 Å². The summed E-state index contributed by atoms with van der Waals surface area (Å²) < 4.78 is 0. The average Bonchev–Trinajstić information content (AvgIpc) is 2.11. The van der Waals surface area contributed by atoms with E-state index in [4.69, 9.17) is 0 Å². The molecule has 54 valence electrons. The van der Waals surface area contributed by atoms with Crippen molar-refractivity contribution in [1.29, 1.82) is 0 Å². The Balaban J connectivity index is 2.79. The highest BCUT2D eigenvalue weighted by Gasteiger charge is 2.24.